The number of hydrogen-bond acceptors (Lipinski definition) is 6. The zero-order valence-electron chi connectivity index (χ0n) is 23.5. The SMILES string of the molecule is CN(C)c1ccc(/C=C2\SC(=S)N(C(CC(=O)Nc3ccccc3C(F)(F)F)C(=O)Nc3ccccc3C(F)(F)F)C2=O)cc1. The fourth-order valence-electron chi connectivity index (χ4n) is 4.34. The molecule has 0 saturated carbocycles. The number of nitrogens with zero attached hydrogens (tertiary/aromatic N) is 2. The fraction of sp³-hybridized carbons (Fsp3) is 0.200. The number of para-hydroxylation sites is 2. The maximum absolute atomic E-state index is 13.6. The van der Waals surface area contributed by atoms with Crippen molar-refractivity contribution in [1.82, 2.24) is 4.90 Å². The molecule has 1 heterocycles. The quantitative estimate of drug-likeness (QED) is 0.153. The van der Waals surface area contributed by atoms with E-state index in [4.69, 9.17) is 12.2 Å². The number of rotatable bonds is 8. The molecule has 45 heavy (non-hydrogen) atoms. The molecule has 1 atom stereocenters. The molecule has 1 saturated heterocycles. The minimum atomic E-state index is -4.86. The second-order valence-electron chi connectivity index (χ2n) is 9.88. The van der Waals surface area contributed by atoms with Crippen molar-refractivity contribution in [3.63, 3.8) is 0 Å². The Balaban J connectivity index is 1.67. The molecule has 0 radical (unpaired) electrons. The number of nitrogens with one attached hydrogen (secondary N) is 2. The molecule has 236 valence electrons. The van der Waals surface area contributed by atoms with Crippen molar-refractivity contribution in [3.05, 3.63) is 94.4 Å². The van der Waals surface area contributed by atoms with Crippen LogP contribution < -0.4 is 15.5 Å². The molecule has 0 aliphatic carbocycles. The van der Waals surface area contributed by atoms with E-state index in [1.54, 1.807) is 24.3 Å². The van der Waals surface area contributed by atoms with Crippen molar-refractivity contribution < 1.29 is 40.7 Å². The van der Waals surface area contributed by atoms with Gasteiger partial charge in [0.1, 0.15) is 10.4 Å². The van der Waals surface area contributed by atoms with Crippen LogP contribution in [0.25, 0.3) is 6.08 Å². The standard InChI is InChI=1S/C30H24F6N4O3S2/c1-39(2)18-13-11-17(12-14-18)15-24-27(43)40(28(44)45-24)23(26(42)38-22-10-6-4-8-20(22)30(34,35)36)16-25(41)37-21-9-5-3-7-19(21)29(31,32)33/h3-15,23H,16H2,1-2H3,(H,37,41)(H,38,42)/b24-15-. The summed E-state index contributed by atoms with van der Waals surface area (Å²) in [4.78, 5) is 42.8. The summed E-state index contributed by atoms with van der Waals surface area (Å²) in [6.45, 7) is 0. The molecule has 4 rings (SSSR count). The Bertz CT molecular complexity index is 1660. The number of carbonyl (C=O) groups is 3. The van der Waals surface area contributed by atoms with E-state index in [-0.39, 0.29) is 9.23 Å². The van der Waals surface area contributed by atoms with Gasteiger partial charge >= 0.3 is 12.4 Å². The van der Waals surface area contributed by atoms with Gasteiger partial charge in [0.25, 0.3) is 5.91 Å². The Morgan fingerprint density at radius 1 is 0.867 bits per heavy atom. The van der Waals surface area contributed by atoms with Gasteiger partial charge in [-0.2, -0.15) is 26.3 Å². The van der Waals surface area contributed by atoms with Gasteiger partial charge in [-0.3, -0.25) is 19.3 Å². The van der Waals surface area contributed by atoms with Crippen LogP contribution in [0.15, 0.2) is 77.7 Å². The van der Waals surface area contributed by atoms with E-state index in [1.165, 1.54) is 18.2 Å². The summed E-state index contributed by atoms with van der Waals surface area (Å²) < 4.78 is 81.2. The lowest BCUT2D eigenvalue weighted by Gasteiger charge is -2.26. The van der Waals surface area contributed by atoms with Crippen LogP contribution in [-0.4, -0.2) is 47.1 Å². The highest BCUT2D eigenvalue weighted by molar-refractivity contribution is 8.26. The average Bonchev–Trinajstić information content (AvgIpc) is 3.23. The Kier molecular flexibility index (Phi) is 9.92. The average molecular weight is 667 g/mol. The molecule has 3 amide bonds. The van der Waals surface area contributed by atoms with Crippen molar-refractivity contribution in [2.45, 2.75) is 24.8 Å². The van der Waals surface area contributed by atoms with Crippen molar-refractivity contribution in [2.24, 2.45) is 0 Å². The van der Waals surface area contributed by atoms with Crippen molar-refractivity contribution in [2.75, 3.05) is 29.6 Å². The van der Waals surface area contributed by atoms with Crippen LogP contribution in [0.5, 0.6) is 0 Å². The molecule has 1 unspecified atom stereocenters. The summed E-state index contributed by atoms with van der Waals surface area (Å²) in [7, 11) is 3.69. The van der Waals surface area contributed by atoms with Gasteiger partial charge in [-0.25, -0.2) is 0 Å². The second-order valence-corrected chi connectivity index (χ2v) is 11.6. The molecule has 3 aromatic rings. The topological polar surface area (TPSA) is 81.8 Å². The molecular formula is C30H24F6N4O3S2. The first-order valence-electron chi connectivity index (χ1n) is 13.0. The van der Waals surface area contributed by atoms with Crippen molar-refractivity contribution in [3.8, 4) is 0 Å². The van der Waals surface area contributed by atoms with Gasteiger partial charge in [0.05, 0.1) is 33.8 Å². The Hall–Kier alpha value is -4.37. The van der Waals surface area contributed by atoms with Gasteiger partial charge < -0.3 is 15.5 Å². The normalized spacial score (nSPS) is 15.3. The number of thiocarbonyl (C=S) groups is 1. The van der Waals surface area contributed by atoms with Gasteiger partial charge in [0.15, 0.2) is 0 Å². The summed E-state index contributed by atoms with van der Waals surface area (Å²) >= 11 is 6.14. The van der Waals surface area contributed by atoms with Crippen LogP contribution in [0, 0.1) is 0 Å². The highest BCUT2D eigenvalue weighted by atomic mass is 32.2. The summed E-state index contributed by atoms with van der Waals surface area (Å²) in [5.41, 5.74) is -2.12. The molecule has 15 heteroatoms. The minimum absolute atomic E-state index is 0.0638. The summed E-state index contributed by atoms with van der Waals surface area (Å²) in [5, 5.41) is 4.21. The van der Waals surface area contributed by atoms with Crippen LogP contribution >= 0.6 is 24.0 Å². The first kappa shape index (κ1) is 33.5. The van der Waals surface area contributed by atoms with Crippen LogP contribution in [-0.2, 0) is 26.7 Å². The maximum atomic E-state index is 13.6. The largest absolute Gasteiger partial charge is 0.418 e. The van der Waals surface area contributed by atoms with Gasteiger partial charge in [0.2, 0.25) is 11.8 Å². The lowest BCUT2D eigenvalue weighted by molar-refractivity contribution is -0.138. The van der Waals surface area contributed by atoms with Crippen LogP contribution in [0.2, 0.25) is 0 Å². The van der Waals surface area contributed by atoms with E-state index < -0.39 is 65.0 Å². The summed E-state index contributed by atoms with van der Waals surface area (Å²) in [6.07, 6.45) is -9.12. The van der Waals surface area contributed by atoms with Gasteiger partial charge in [-0.1, -0.05) is 60.4 Å². The molecule has 3 aromatic carbocycles. The van der Waals surface area contributed by atoms with Crippen LogP contribution in [0.4, 0.5) is 43.4 Å². The lowest BCUT2D eigenvalue weighted by atomic mass is 10.1. The van der Waals surface area contributed by atoms with Gasteiger partial charge in [-0.15, -0.1) is 0 Å². The third-order valence-electron chi connectivity index (χ3n) is 6.52. The van der Waals surface area contributed by atoms with E-state index >= 15 is 0 Å². The first-order valence-corrected chi connectivity index (χ1v) is 14.3. The van der Waals surface area contributed by atoms with Crippen LogP contribution in [0.1, 0.15) is 23.1 Å². The zero-order chi connectivity index (χ0) is 33.1. The van der Waals surface area contributed by atoms with E-state index in [2.05, 4.69) is 10.6 Å². The number of halogens is 6. The molecular weight excluding hydrogens is 642 g/mol. The van der Waals surface area contributed by atoms with Gasteiger partial charge in [-0.05, 0) is 48.0 Å². The monoisotopic (exact) mass is 666 g/mol. The van der Waals surface area contributed by atoms with Gasteiger partial charge in [0, 0.05) is 19.8 Å². The lowest BCUT2D eigenvalue weighted by Crippen LogP contribution is -2.48. The molecule has 0 spiro atoms. The zero-order valence-corrected chi connectivity index (χ0v) is 25.1. The second kappa shape index (κ2) is 13.3. The number of amides is 3. The predicted molar refractivity (Wildman–Crippen MR) is 164 cm³/mol. The summed E-state index contributed by atoms with van der Waals surface area (Å²) in [5.74, 6) is -3.14. The Morgan fingerprint density at radius 2 is 1.38 bits per heavy atom. The molecule has 7 nitrogen and oxygen atoms in total. The van der Waals surface area contributed by atoms with E-state index in [0.29, 0.717) is 5.56 Å². The number of alkyl halides is 6. The molecule has 1 aliphatic heterocycles. The van der Waals surface area contributed by atoms with Crippen LogP contribution in [0.3, 0.4) is 0 Å². The maximum Gasteiger partial charge on any atom is 0.418 e. The Labute approximate surface area is 263 Å². The highest BCUT2D eigenvalue weighted by Crippen LogP contribution is 2.38. The molecule has 1 fully saturated rings. The number of carbonyl (C=O) groups excluding carboxylic acids is 3. The molecule has 0 aromatic heterocycles. The number of hydrogen-bond donors (Lipinski definition) is 2. The third kappa shape index (κ3) is 8.02. The van der Waals surface area contributed by atoms with E-state index in [9.17, 15) is 40.7 Å². The first-order chi connectivity index (χ1) is 21.1. The highest BCUT2D eigenvalue weighted by Gasteiger charge is 2.43. The predicted octanol–water partition coefficient (Wildman–Crippen LogP) is 7.03. The fourth-order valence-corrected chi connectivity index (χ4v) is 5.70. The van der Waals surface area contributed by atoms with Crippen molar-refractivity contribution >= 4 is 69.2 Å². The van der Waals surface area contributed by atoms with Crippen molar-refractivity contribution in [1.29, 1.82) is 0 Å². The summed E-state index contributed by atoms with van der Waals surface area (Å²) in [6, 6.07) is 13.4. The van der Waals surface area contributed by atoms with E-state index in [1.807, 2.05) is 19.0 Å². The van der Waals surface area contributed by atoms with E-state index in [0.717, 1.165) is 58.7 Å². The smallest absolute Gasteiger partial charge is 0.378 e. The third-order valence-corrected chi connectivity index (χ3v) is 7.85. The molecule has 1 aliphatic rings. The number of anilines is 3. The minimum Gasteiger partial charge on any atom is -0.378 e. The number of thioether (sulfide) groups is 1. The molecule has 2 N–H and O–H groups in total. The number of benzene rings is 3. The Morgan fingerprint density at radius 3 is 1.89 bits per heavy atom. The molecule has 0 bridgehead atoms.